The zero-order chi connectivity index (χ0) is 24.2. The Balaban J connectivity index is 1.57. The Hall–Kier alpha value is -4.19. The summed E-state index contributed by atoms with van der Waals surface area (Å²) in [5.74, 6) is -0.635. The molecule has 0 unspecified atom stereocenters. The van der Waals surface area contributed by atoms with Crippen LogP contribution in [0.25, 0.3) is 16.9 Å². The largest absolute Gasteiger partial charge is 0.343 e. The van der Waals surface area contributed by atoms with E-state index in [0.717, 1.165) is 39.2 Å². The number of para-hydroxylation sites is 1. The van der Waals surface area contributed by atoms with Crippen molar-refractivity contribution >= 4 is 17.5 Å². The summed E-state index contributed by atoms with van der Waals surface area (Å²) in [5.41, 5.74) is 7.61. The van der Waals surface area contributed by atoms with Crippen molar-refractivity contribution in [2.75, 3.05) is 11.9 Å². The maximum Gasteiger partial charge on any atom is 0.255 e. The molecule has 1 aromatic heterocycles. The van der Waals surface area contributed by atoms with Crippen LogP contribution >= 0.6 is 0 Å². The molecule has 0 bridgehead atoms. The lowest BCUT2D eigenvalue weighted by atomic mass is 10.0. The molecule has 0 saturated carbocycles. The molecule has 4 rings (SSSR count). The number of benzene rings is 3. The van der Waals surface area contributed by atoms with Crippen molar-refractivity contribution in [1.29, 1.82) is 0 Å². The average molecular weight is 453 g/mol. The van der Waals surface area contributed by atoms with Gasteiger partial charge in [0.15, 0.2) is 0 Å². The Kier molecular flexibility index (Phi) is 6.59. The molecule has 0 spiro atoms. The van der Waals surface area contributed by atoms with Gasteiger partial charge in [-0.15, -0.1) is 0 Å². The predicted octanol–water partition coefficient (Wildman–Crippen LogP) is 5.14. The number of aromatic nitrogens is 2. The maximum atomic E-state index is 13.2. The number of carbonyl (C=O) groups is 2. The first-order valence-corrected chi connectivity index (χ1v) is 11.2. The first kappa shape index (κ1) is 23.0. The molecule has 0 radical (unpaired) electrons. The van der Waals surface area contributed by atoms with Crippen LogP contribution in [-0.4, -0.2) is 28.1 Å². The van der Waals surface area contributed by atoms with Crippen molar-refractivity contribution in [1.82, 2.24) is 15.1 Å². The topological polar surface area (TPSA) is 76.0 Å². The highest BCUT2D eigenvalue weighted by Gasteiger charge is 2.20. The third kappa shape index (κ3) is 4.91. The second-order valence-electron chi connectivity index (χ2n) is 8.49. The van der Waals surface area contributed by atoms with Crippen molar-refractivity contribution in [2.45, 2.75) is 27.7 Å². The molecule has 0 fully saturated rings. The van der Waals surface area contributed by atoms with E-state index in [0.29, 0.717) is 11.3 Å². The van der Waals surface area contributed by atoms with Gasteiger partial charge in [-0.25, -0.2) is 4.68 Å². The Bertz CT molecular complexity index is 1330. The molecular weight excluding hydrogens is 424 g/mol. The lowest BCUT2D eigenvalue weighted by Gasteiger charge is -2.13. The van der Waals surface area contributed by atoms with Crippen molar-refractivity contribution in [3.8, 4) is 16.9 Å². The molecule has 6 nitrogen and oxygen atoms in total. The molecule has 2 amide bonds. The monoisotopic (exact) mass is 452 g/mol. The fraction of sp³-hybridized carbons (Fsp3) is 0.179. The van der Waals surface area contributed by atoms with E-state index in [2.05, 4.69) is 10.6 Å². The van der Waals surface area contributed by atoms with Crippen LogP contribution in [0.1, 0.15) is 32.6 Å². The van der Waals surface area contributed by atoms with Gasteiger partial charge >= 0.3 is 0 Å². The second kappa shape index (κ2) is 9.75. The van der Waals surface area contributed by atoms with Gasteiger partial charge in [-0.1, -0.05) is 60.2 Å². The average Bonchev–Trinajstić information content (AvgIpc) is 3.26. The number of hydrogen-bond acceptors (Lipinski definition) is 3. The van der Waals surface area contributed by atoms with E-state index in [4.69, 9.17) is 5.10 Å². The van der Waals surface area contributed by atoms with Gasteiger partial charge in [-0.05, 0) is 56.5 Å². The smallest absolute Gasteiger partial charge is 0.255 e. The zero-order valence-corrected chi connectivity index (χ0v) is 19.8. The highest BCUT2D eigenvalue weighted by molar-refractivity contribution is 6.03. The van der Waals surface area contributed by atoms with Crippen LogP contribution in [-0.2, 0) is 4.79 Å². The summed E-state index contributed by atoms with van der Waals surface area (Å²) in [5, 5.41) is 10.4. The SMILES string of the molecule is Cc1cc(C)c(NC(=O)CNC(=O)c2cn(-c3ccccc3)nc2-c2ccccc2C)c(C)c1. The van der Waals surface area contributed by atoms with E-state index in [1.807, 2.05) is 94.4 Å². The van der Waals surface area contributed by atoms with Crippen LogP contribution in [0.15, 0.2) is 72.9 Å². The lowest BCUT2D eigenvalue weighted by molar-refractivity contribution is -0.115. The van der Waals surface area contributed by atoms with Crippen LogP contribution in [0.4, 0.5) is 5.69 Å². The number of aryl methyl sites for hydroxylation is 4. The molecule has 0 aliphatic carbocycles. The fourth-order valence-corrected chi connectivity index (χ4v) is 4.11. The number of amides is 2. The predicted molar refractivity (Wildman–Crippen MR) is 135 cm³/mol. The molecule has 0 aliphatic rings. The van der Waals surface area contributed by atoms with Gasteiger partial charge in [0.1, 0.15) is 5.69 Å². The van der Waals surface area contributed by atoms with Gasteiger partial charge in [-0.2, -0.15) is 5.10 Å². The third-order valence-corrected chi connectivity index (χ3v) is 5.73. The van der Waals surface area contributed by atoms with Gasteiger partial charge in [0, 0.05) is 17.4 Å². The molecule has 34 heavy (non-hydrogen) atoms. The highest BCUT2D eigenvalue weighted by Crippen LogP contribution is 2.27. The molecule has 2 N–H and O–H groups in total. The normalized spacial score (nSPS) is 10.7. The summed E-state index contributed by atoms with van der Waals surface area (Å²) < 4.78 is 1.69. The van der Waals surface area contributed by atoms with Crippen molar-refractivity contribution in [2.24, 2.45) is 0 Å². The van der Waals surface area contributed by atoms with Gasteiger partial charge in [-0.3, -0.25) is 9.59 Å². The Morgan fingerprint density at radius 1 is 0.853 bits per heavy atom. The quantitative estimate of drug-likeness (QED) is 0.425. The molecule has 6 heteroatoms. The van der Waals surface area contributed by atoms with Crippen LogP contribution in [0.2, 0.25) is 0 Å². The standard InChI is InChI=1S/C28H28N4O2/c1-18-14-20(3)26(21(4)15-18)30-25(33)16-29-28(34)24-17-32(22-11-6-5-7-12-22)31-27(24)23-13-9-8-10-19(23)2/h5-15,17H,16H2,1-4H3,(H,29,34)(H,30,33). The van der Waals surface area contributed by atoms with Crippen LogP contribution in [0.3, 0.4) is 0 Å². The third-order valence-electron chi connectivity index (χ3n) is 5.73. The Morgan fingerprint density at radius 2 is 1.50 bits per heavy atom. The van der Waals surface area contributed by atoms with Crippen molar-refractivity contribution < 1.29 is 9.59 Å². The van der Waals surface area contributed by atoms with Gasteiger partial charge in [0.25, 0.3) is 5.91 Å². The van der Waals surface area contributed by atoms with E-state index in [1.165, 1.54) is 0 Å². The number of nitrogens with one attached hydrogen (secondary N) is 2. The van der Waals surface area contributed by atoms with Crippen LogP contribution in [0.5, 0.6) is 0 Å². The molecule has 0 aliphatic heterocycles. The van der Waals surface area contributed by atoms with Crippen LogP contribution < -0.4 is 10.6 Å². The van der Waals surface area contributed by atoms with E-state index < -0.39 is 0 Å². The number of hydrogen-bond donors (Lipinski definition) is 2. The molecular formula is C28H28N4O2. The minimum Gasteiger partial charge on any atom is -0.343 e. The van der Waals surface area contributed by atoms with Gasteiger partial charge in [0.05, 0.1) is 17.8 Å². The number of rotatable bonds is 6. The number of anilines is 1. The summed E-state index contributed by atoms with van der Waals surface area (Å²) in [6.07, 6.45) is 1.71. The lowest BCUT2D eigenvalue weighted by Crippen LogP contribution is -2.33. The molecule has 0 atom stereocenters. The first-order valence-electron chi connectivity index (χ1n) is 11.2. The Morgan fingerprint density at radius 3 is 2.18 bits per heavy atom. The minimum absolute atomic E-state index is 0.144. The van der Waals surface area contributed by atoms with Crippen molar-refractivity contribution in [3.63, 3.8) is 0 Å². The summed E-state index contributed by atoms with van der Waals surface area (Å²) in [6.45, 7) is 7.78. The summed E-state index contributed by atoms with van der Waals surface area (Å²) in [6, 6.07) is 21.5. The molecule has 1 heterocycles. The first-order chi connectivity index (χ1) is 16.3. The van der Waals surface area contributed by atoms with Crippen LogP contribution in [0, 0.1) is 27.7 Å². The molecule has 3 aromatic carbocycles. The molecule has 172 valence electrons. The summed E-state index contributed by atoms with van der Waals surface area (Å²) in [7, 11) is 0. The Labute approximate surface area is 199 Å². The second-order valence-corrected chi connectivity index (χ2v) is 8.49. The van der Waals surface area contributed by atoms with Gasteiger partial charge in [0.2, 0.25) is 5.91 Å². The van der Waals surface area contributed by atoms with E-state index in [9.17, 15) is 9.59 Å². The highest BCUT2D eigenvalue weighted by atomic mass is 16.2. The van der Waals surface area contributed by atoms with E-state index in [1.54, 1.807) is 10.9 Å². The fourth-order valence-electron chi connectivity index (χ4n) is 4.11. The van der Waals surface area contributed by atoms with E-state index >= 15 is 0 Å². The zero-order valence-electron chi connectivity index (χ0n) is 19.8. The van der Waals surface area contributed by atoms with E-state index in [-0.39, 0.29) is 18.4 Å². The van der Waals surface area contributed by atoms with Gasteiger partial charge < -0.3 is 10.6 Å². The number of carbonyl (C=O) groups excluding carboxylic acids is 2. The van der Waals surface area contributed by atoms with Crippen molar-refractivity contribution in [3.05, 3.63) is 101 Å². The summed E-state index contributed by atoms with van der Waals surface area (Å²) >= 11 is 0. The number of nitrogens with zero attached hydrogens (tertiary/aromatic N) is 2. The maximum absolute atomic E-state index is 13.2. The summed E-state index contributed by atoms with van der Waals surface area (Å²) in [4.78, 5) is 25.8. The minimum atomic E-state index is -0.354. The molecule has 0 saturated heterocycles. The molecule has 4 aromatic rings.